The summed E-state index contributed by atoms with van der Waals surface area (Å²) in [4.78, 5) is 0. The molecule has 0 N–H and O–H groups in total. The van der Waals surface area contributed by atoms with Crippen molar-refractivity contribution in [3.8, 4) is 0 Å². The summed E-state index contributed by atoms with van der Waals surface area (Å²) in [6.07, 6.45) is 3.60. The molecule has 1 rings (SSSR count). The van der Waals surface area contributed by atoms with Crippen molar-refractivity contribution in [1.29, 1.82) is 0 Å². The normalized spacial score (nSPS) is 14.2. The van der Waals surface area contributed by atoms with Gasteiger partial charge in [-0.25, -0.2) is 0 Å². The molecule has 0 aliphatic heterocycles. The first-order chi connectivity index (χ1) is 8.23. The lowest BCUT2D eigenvalue weighted by atomic mass is 9.95. The minimum atomic E-state index is -0.0214. The summed E-state index contributed by atoms with van der Waals surface area (Å²) >= 11 is 6.18. The number of halogens is 1. The van der Waals surface area contributed by atoms with E-state index in [1.165, 1.54) is 12.8 Å². The second kappa shape index (κ2) is 6.05. The second-order valence-corrected chi connectivity index (χ2v) is 6.92. The Hall–Kier alpha value is -0.570. The molecule has 104 valence electrons. The summed E-state index contributed by atoms with van der Waals surface area (Å²) < 4.78 is 2.09. The zero-order valence-electron chi connectivity index (χ0n) is 12.5. The third-order valence-corrected chi connectivity index (χ3v) is 3.43. The maximum atomic E-state index is 6.18. The van der Waals surface area contributed by atoms with Crippen LogP contribution < -0.4 is 0 Å². The molecule has 18 heavy (non-hydrogen) atoms. The van der Waals surface area contributed by atoms with Gasteiger partial charge in [-0.2, -0.15) is 0 Å². The van der Waals surface area contributed by atoms with Gasteiger partial charge < -0.3 is 0 Å². The Morgan fingerprint density at radius 2 is 1.72 bits per heavy atom. The molecule has 0 spiro atoms. The topological polar surface area (TPSA) is 30.7 Å². The van der Waals surface area contributed by atoms with Crippen molar-refractivity contribution in [2.75, 3.05) is 0 Å². The highest BCUT2D eigenvalue weighted by Crippen LogP contribution is 2.28. The Labute approximate surface area is 116 Å². The summed E-state index contributed by atoms with van der Waals surface area (Å²) in [6, 6.07) is 0.362. The number of nitrogens with zero attached hydrogens (tertiary/aromatic N) is 3. The largest absolute Gasteiger partial charge is 0.298 e. The first kappa shape index (κ1) is 15.5. The average molecular weight is 272 g/mol. The van der Waals surface area contributed by atoms with Gasteiger partial charge in [-0.1, -0.05) is 47.5 Å². The first-order valence-corrected chi connectivity index (χ1v) is 7.22. The SMILES string of the molecule is CC(C)CCCC(C)n1c(Cl)nnc1C(C)(C)C. The highest BCUT2D eigenvalue weighted by Gasteiger charge is 2.25. The van der Waals surface area contributed by atoms with Crippen LogP contribution in [0.15, 0.2) is 0 Å². The molecule has 0 radical (unpaired) electrons. The predicted octanol–water partition coefficient (Wildman–Crippen LogP) is 4.62. The zero-order chi connectivity index (χ0) is 13.9. The van der Waals surface area contributed by atoms with Crippen LogP contribution in [0.3, 0.4) is 0 Å². The van der Waals surface area contributed by atoms with Crippen LogP contribution in [0.4, 0.5) is 0 Å². The molecule has 1 unspecified atom stereocenters. The van der Waals surface area contributed by atoms with Gasteiger partial charge in [0, 0.05) is 11.5 Å². The fourth-order valence-electron chi connectivity index (χ4n) is 2.12. The molecule has 4 heteroatoms. The van der Waals surface area contributed by atoms with E-state index >= 15 is 0 Å². The third-order valence-electron chi connectivity index (χ3n) is 3.17. The van der Waals surface area contributed by atoms with Crippen LogP contribution in [0.25, 0.3) is 0 Å². The van der Waals surface area contributed by atoms with Crippen LogP contribution in [0.2, 0.25) is 5.28 Å². The number of hydrogen-bond acceptors (Lipinski definition) is 2. The van der Waals surface area contributed by atoms with Gasteiger partial charge in [-0.15, -0.1) is 10.2 Å². The second-order valence-electron chi connectivity index (χ2n) is 6.59. The van der Waals surface area contributed by atoms with Gasteiger partial charge in [0.25, 0.3) is 0 Å². The quantitative estimate of drug-likeness (QED) is 0.783. The first-order valence-electron chi connectivity index (χ1n) is 6.84. The lowest BCUT2D eigenvalue weighted by Crippen LogP contribution is -2.21. The Morgan fingerprint density at radius 3 is 2.22 bits per heavy atom. The number of rotatable bonds is 5. The monoisotopic (exact) mass is 271 g/mol. The van der Waals surface area contributed by atoms with E-state index in [2.05, 4.69) is 56.3 Å². The zero-order valence-corrected chi connectivity index (χ0v) is 13.3. The van der Waals surface area contributed by atoms with Gasteiger partial charge in [0.1, 0.15) is 5.82 Å². The van der Waals surface area contributed by atoms with E-state index in [1.807, 2.05) is 0 Å². The van der Waals surface area contributed by atoms with Crippen molar-refractivity contribution in [1.82, 2.24) is 14.8 Å². The van der Waals surface area contributed by atoms with Gasteiger partial charge in [0.2, 0.25) is 5.28 Å². The Morgan fingerprint density at radius 1 is 1.11 bits per heavy atom. The minimum absolute atomic E-state index is 0.0214. The molecular formula is C14H26ClN3. The molecule has 1 atom stereocenters. The minimum Gasteiger partial charge on any atom is -0.298 e. The maximum Gasteiger partial charge on any atom is 0.225 e. The van der Waals surface area contributed by atoms with E-state index in [4.69, 9.17) is 11.6 Å². The summed E-state index contributed by atoms with van der Waals surface area (Å²) in [7, 11) is 0. The maximum absolute atomic E-state index is 6.18. The van der Waals surface area contributed by atoms with Crippen LogP contribution in [0.1, 0.15) is 72.7 Å². The Bertz CT molecular complexity index is 377. The highest BCUT2D eigenvalue weighted by atomic mass is 35.5. The molecule has 0 saturated heterocycles. The van der Waals surface area contributed by atoms with Crippen molar-refractivity contribution < 1.29 is 0 Å². The molecule has 1 heterocycles. The Kier molecular flexibility index (Phi) is 5.20. The van der Waals surface area contributed by atoms with E-state index in [-0.39, 0.29) is 5.41 Å². The Balaban J connectivity index is 2.79. The van der Waals surface area contributed by atoms with E-state index in [1.54, 1.807) is 0 Å². The van der Waals surface area contributed by atoms with Crippen molar-refractivity contribution in [3.63, 3.8) is 0 Å². The highest BCUT2D eigenvalue weighted by molar-refractivity contribution is 6.28. The molecule has 3 nitrogen and oxygen atoms in total. The molecule has 0 aliphatic rings. The molecule has 1 aromatic heterocycles. The van der Waals surface area contributed by atoms with Crippen molar-refractivity contribution in [2.24, 2.45) is 5.92 Å². The lowest BCUT2D eigenvalue weighted by molar-refractivity contribution is 0.408. The fraction of sp³-hybridized carbons (Fsp3) is 0.857. The van der Waals surface area contributed by atoms with Gasteiger partial charge in [-0.3, -0.25) is 4.57 Å². The van der Waals surface area contributed by atoms with Crippen LogP contribution >= 0.6 is 11.6 Å². The van der Waals surface area contributed by atoms with Gasteiger partial charge in [0.15, 0.2) is 0 Å². The molecule has 0 fully saturated rings. The number of aromatic nitrogens is 3. The fourth-order valence-corrected chi connectivity index (χ4v) is 2.41. The summed E-state index contributed by atoms with van der Waals surface area (Å²) in [6.45, 7) is 13.2. The standard InChI is InChI=1S/C14H26ClN3/c1-10(2)8-7-9-11(3)18-12(14(4,5)6)16-17-13(18)15/h10-11H,7-9H2,1-6H3. The predicted molar refractivity (Wildman–Crippen MR) is 77.1 cm³/mol. The lowest BCUT2D eigenvalue weighted by Gasteiger charge is -2.23. The van der Waals surface area contributed by atoms with Crippen LogP contribution in [-0.2, 0) is 5.41 Å². The van der Waals surface area contributed by atoms with E-state index in [0.717, 1.165) is 18.2 Å². The van der Waals surface area contributed by atoms with Gasteiger partial charge >= 0.3 is 0 Å². The molecule has 1 aromatic rings. The molecule has 0 amide bonds. The van der Waals surface area contributed by atoms with Gasteiger partial charge in [0.05, 0.1) is 0 Å². The molecular weight excluding hydrogens is 246 g/mol. The third kappa shape index (κ3) is 3.98. The van der Waals surface area contributed by atoms with Crippen LogP contribution in [-0.4, -0.2) is 14.8 Å². The van der Waals surface area contributed by atoms with E-state index in [9.17, 15) is 0 Å². The van der Waals surface area contributed by atoms with E-state index in [0.29, 0.717) is 11.3 Å². The summed E-state index contributed by atoms with van der Waals surface area (Å²) in [5.41, 5.74) is -0.0214. The van der Waals surface area contributed by atoms with Crippen LogP contribution in [0.5, 0.6) is 0 Å². The molecule has 0 bridgehead atoms. The van der Waals surface area contributed by atoms with Crippen LogP contribution in [0, 0.1) is 5.92 Å². The van der Waals surface area contributed by atoms with Crippen molar-refractivity contribution in [3.05, 3.63) is 11.1 Å². The molecule has 0 aromatic carbocycles. The molecule has 0 saturated carbocycles. The van der Waals surface area contributed by atoms with Crippen molar-refractivity contribution in [2.45, 2.75) is 72.3 Å². The smallest absolute Gasteiger partial charge is 0.225 e. The number of hydrogen-bond donors (Lipinski definition) is 0. The van der Waals surface area contributed by atoms with Crippen molar-refractivity contribution >= 4 is 11.6 Å². The molecule has 0 aliphatic carbocycles. The summed E-state index contributed by atoms with van der Waals surface area (Å²) in [5, 5.41) is 8.77. The van der Waals surface area contributed by atoms with Gasteiger partial charge in [-0.05, 0) is 30.9 Å². The average Bonchev–Trinajstić information content (AvgIpc) is 2.58. The van der Waals surface area contributed by atoms with E-state index < -0.39 is 0 Å². The summed E-state index contributed by atoms with van der Waals surface area (Å²) in [5.74, 6) is 1.74.